The molecule has 0 fully saturated rings. The predicted octanol–water partition coefficient (Wildman–Crippen LogP) is 2.48. The second-order valence-corrected chi connectivity index (χ2v) is 3.40. The Bertz CT molecular complexity index is 338. The predicted molar refractivity (Wildman–Crippen MR) is 53.4 cm³/mol. The van der Waals surface area contributed by atoms with E-state index in [0.29, 0.717) is 16.8 Å². The standard InChI is InChI=1S/C9H9BrO4/c1-2-13-8-4-6(9(11)14-12)3-7(10)5-8/h3-5,12H,2H2,1H3. The van der Waals surface area contributed by atoms with Crippen molar-refractivity contribution in [3.63, 3.8) is 0 Å². The Morgan fingerprint density at radius 3 is 2.79 bits per heavy atom. The fraction of sp³-hybridized carbons (Fsp3) is 0.222. The van der Waals surface area contributed by atoms with E-state index < -0.39 is 5.97 Å². The topological polar surface area (TPSA) is 55.8 Å². The monoisotopic (exact) mass is 260 g/mol. The van der Waals surface area contributed by atoms with Crippen molar-refractivity contribution in [1.29, 1.82) is 0 Å². The number of rotatable bonds is 3. The van der Waals surface area contributed by atoms with Gasteiger partial charge in [0.1, 0.15) is 5.75 Å². The molecule has 0 aliphatic rings. The van der Waals surface area contributed by atoms with Crippen LogP contribution in [0.5, 0.6) is 5.75 Å². The van der Waals surface area contributed by atoms with Crippen molar-refractivity contribution >= 4 is 21.9 Å². The van der Waals surface area contributed by atoms with Crippen molar-refractivity contribution in [2.45, 2.75) is 6.92 Å². The van der Waals surface area contributed by atoms with Crippen molar-refractivity contribution in [3.05, 3.63) is 28.2 Å². The molecule has 1 aromatic rings. The molecule has 0 aliphatic heterocycles. The van der Waals surface area contributed by atoms with E-state index in [4.69, 9.17) is 9.99 Å². The highest BCUT2D eigenvalue weighted by molar-refractivity contribution is 9.10. The van der Waals surface area contributed by atoms with Crippen LogP contribution in [0.25, 0.3) is 0 Å². The Balaban J connectivity index is 3.00. The van der Waals surface area contributed by atoms with Gasteiger partial charge in [-0.15, -0.1) is 0 Å². The molecule has 76 valence electrons. The number of carbonyl (C=O) groups excluding carboxylic acids is 1. The molecule has 0 heterocycles. The zero-order valence-corrected chi connectivity index (χ0v) is 9.08. The number of benzene rings is 1. The van der Waals surface area contributed by atoms with Crippen LogP contribution in [0.4, 0.5) is 0 Å². The summed E-state index contributed by atoms with van der Waals surface area (Å²) in [5, 5.41) is 8.19. The second-order valence-electron chi connectivity index (χ2n) is 2.49. The van der Waals surface area contributed by atoms with Gasteiger partial charge in [-0.1, -0.05) is 15.9 Å². The smallest absolute Gasteiger partial charge is 0.372 e. The zero-order chi connectivity index (χ0) is 10.6. The second kappa shape index (κ2) is 4.97. The van der Waals surface area contributed by atoms with Crippen LogP contribution in [0.2, 0.25) is 0 Å². The summed E-state index contributed by atoms with van der Waals surface area (Å²) in [6, 6.07) is 4.74. The Morgan fingerprint density at radius 1 is 1.50 bits per heavy atom. The molecule has 0 saturated heterocycles. The Labute approximate surface area is 89.5 Å². The van der Waals surface area contributed by atoms with Crippen LogP contribution in [-0.2, 0) is 4.89 Å². The maximum absolute atomic E-state index is 11.0. The average molecular weight is 261 g/mol. The number of ether oxygens (including phenoxy) is 1. The molecule has 0 unspecified atom stereocenters. The fourth-order valence-electron chi connectivity index (χ4n) is 0.983. The van der Waals surface area contributed by atoms with Gasteiger partial charge < -0.3 is 4.74 Å². The highest BCUT2D eigenvalue weighted by atomic mass is 79.9. The lowest BCUT2D eigenvalue weighted by molar-refractivity contribution is -0.182. The molecule has 1 N–H and O–H groups in total. The molecule has 0 saturated carbocycles. The third-order valence-electron chi connectivity index (χ3n) is 1.50. The summed E-state index contributed by atoms with van der Waals surface area (Å²) in [6.07, 6.45) is 0. The van der Waals surface area contributed by atoms with Crippen molar-refractivity contribution in [3.8, 4) is 5.75 Å². The minimum absolute atomic E-state index is 0.227. The molecule has 0 radical (unpaired) electrons. The summed E-state index contributed by atoms with van der Waals surface area (Å²) in [5.41, 5.74) is 0.227. The molecule has 0 bridgehead atoms. The van der Waals surface area contributed by atoms with Crippen molar-refractivity contribution in [1.82, 2.24) is 0 Å². The van der Waals surface area contributed by atoms with Crippen LogP contribution < -0.4 is 4.74 Å². The maximum atomic E-state index is 11.0. The first kappa shape index (κ1) is 11.0. The van der Waals surface area contributed by atoms with Gasteiger partial charge in [0.25, 0.3) is 0 Å². The summed E-state index contributed by atoms with van der Waals surface area (Å²) in [4.78, 5) is 14.6. The van der Waals surface area contributed by atoms with Gasteiger partial charge in [0.2, 0.25) is 0 Å². The van der Waals surface area contributed by atoms with Crippen molar-refractivity contribution < 1.29 is 19.7 Å². The van der Waals surface area contributed by atoms with E-state index in [1.54, 1.807) is 6.07 Å². The van der Waals surface area contributed by atoms with E-state index in [1.165, 1.54) is 12.1 Å². The lowest BCUT2D eigenvalue weighted by Crippen LogP contribution is -2.02. The average Bonchev–Trinajstić information content (AvgIpc) is 2.16. The van der Waals surface area contributed by atoms with Gasteiger partial charge in [-0.25, -0.2) is 4.79 Å². The minimum atomic E-state index is -0.813. The van der Waals surface area contributed by atoms with Crippen LogP contribution in [-0.4, -0.2) is 17.8 Å². The van der Waals surface area contributed by atoms with Gasteiger partial charge in [0.15, 0.2) is 0 Å². The molecular weight excluding hydrogens is 252 g/mol. The highest BCUT2D eigenvalue weighted by Crippen LogP contribution is 2.21. The van der Waals surface area contributed by atoms with E-state index >= 15 is 0 Å². The number of hydrogen-bond donors (Lipinski definition) is 1. The Kier molecular flexibility index (Phi) is 3.91. The largest absolute Gasteiger partial charge is 0.494 e. The summed E-state index contributed by atoms with van der Waals surface area (Å²) >= 11 is 3.21. The molecule has 0 aromatic heterocycles. The van der Waals surface area contributed by atoms with Gasteiger partial charge >= 0.3 is 5.97 Å². The first-order valence-corrected chi connectivity index (χ1v) is 4.75. The highest BCUT2D eigenvalue weighted by Gasteiger charge is 2.09. The number of carbonyl (C=O) groups is 1. The van der Waals surface area contributed by atoms with Gasteiger partial charge in [0, 0.05) is 4.47 Å². The molecule has 0 spiro atoms. The molecule has 4 nitrogen and oxygen atoms in total. The van der Waals surface area contributed by atoms with Gasteiger partial charge in [-0.05, 0) is 25.1 Å². The third-order valence-corrected chi connectivity index (χ3v) is 1.96. The molecule has 14 heavy (non-hydrogen) atoms. The van der Waals surface area contributed by atoms with Crippen LogP contribution in [0.15, 0.2) is 22.7 Å². The van der Waals surface area contributed by atoms with Crippen LogP contribution >= 0.6 is 15.9 Å². The minimum Gasteiger partial charge on any atom is -0.494 e. The molecular formula is C9H9BrO4. The molecule has 0 amide bonds. The summed E-state index contributed by atoms with van der Waals surface area (Å²) < 4.78 is 5.89. The molecule has 1 aromatic carbocycles. The van der Waals surface area contributed by atoms with Gasteiger partial charge in [-0.2, -0.15) is 5.26 Å². The number of halogens is 1. The molecule has 1 rings (SSSR count). The van der Waals surface area contributed by atoms with E-state index in [-0.39, 0.29) is 5.56 Å². The SMILES string of the molecule is CCOc1cc(Br)cc(C(=O)OO)c1. The van der Waals surface area contributed by atoms with E-state index in [1.807, 2.05) is 6.92 Å². The molecule has 5 heteroatoms. The van der Waals surface area contributed by atoms with Crippen LogP contribution in [0, 0.1) is 0 Å². The third kappa shape index (κ3) is 2.71. The number of hydrogen-bond acceptors (Lipinski definition) is 4. The Morgan fingerprint density at radius 2 is 2.21 bits per heavy atom. The van der Waals surface area contributed by atoms with Gasteiger partial charge in [0.05, 0.1) is 12.2 Å². The van der Waals surface area contributed by atoms with Crippen molar-refractivity contribution in [2.75, 3.05) is 6.61 Å². The molecule has 0 atom stereocenters. The summed E-state index contributed by atoms with van der Waals surface area (Å²) in [5.74, 6) is -0.269. The normalized spacial score (nSPS) is 9.64. The molecule has 0 aliphatic carbocycles. The summed E-state index contributed by atoms with van der Waals surface area (Å²) in [6.45, 7) is 2.34. The quantitative estimate of drug-likeness (QED) is 0.670. The van der Waals surface area contributed by atoms with E-state index in [2.05, 4.69) is 20.8 Å². The lowest BCUT2D eigenvalue weighted by atomic mass is 10.2. The fourth-order valence-corrected chi connectivity index (χ4v) is 1.46. The zero-order valence-electron chi connectivity index (χ0n) is 7.49. The first-order chi connectivity index (χ1) is 6.67. The lowest BCUT2D eigenvalue weighted by Gasteiger charge is -2.05. The van der Waals surface area contributed by atoms with Crippen molar-refractivity contribution in [2.24, 2.45) is 0 Å². The van der Waals surface area contributed by atoms with E-state index in [0.717, 1.165) is 0 Å². The van der Waals surface area contributed by atoms with Crippen LogP contribution in [0.1, 0.15) is 17.3 Å². The Hall–Kier alpha value is -1.07. The first-order valence-electron chi connectivity index (χ1n) is 3.96. The van der Waals surface area contributed by atoms with E-state index in [9.17, 15) is 4.79 Å². The summed E-state index contributed by atoms with van der Waals surface area (Å²) in [7, 11) is 0. The van der Waals surface area contributed by atoms with Crippen LogP contribution in [0.3, 0.4) is 0 Å². The van der Waals surface area contributed by atoms with Gasteiger partial charge in [-0.3, -0.25) is 4.89 Å². The maximum Gasteiger partial charge on any atom is 0.372 e.